The molecule has 3 rings (SSSR count). The summed E-state index contributed by atoms with van der Waals surface area (Å²) in [6.45, 7) is 11.1. The minimum atomic E-state index is -0.103. The normalized spacial score (nSPS) is 23.5. The van der Waals surface area contributed by atoms with E-state index < -0.39 is 0 Å². The lowest BCUT2D eigenvalue weighted by molar-refractivity contribution is 0.253. The van der Waals surface area contributed by atoms with Crippen LogP contribution >= 0.6 is 0 Å². The highest BCUT2D eigenvalue weighted by molar-refractivity contribution is 5.84. The zero-order chi connectivity index (χ0) is 15.4. The highest BCUT2D eigenvalue weighted by atomic mass is 16.3. The fourth-order valence-electron chi connectivity index (χ4n) is 3.51. The van der Waals surface area contributed by atoms with E-state index in [0.29, 0.717) is 11.8 Å². The summed E-state index contributed by atoms with van der Waals surface area (Å²) < 4.78 is 6.06. The molecule has 0 amide bonds. The third-order valence-corrected chi connectivity index (χ3v) is 4.83. The van der Waals surface area contributed by atoms with Gasteiger partial charge in [-0.15, -0.1) is 0 Å². The Morgan fingerprint density at radius 2 is 2.00 bits per heavy atom. The van der Waals surface area contributed by atoms with E-state index in [4.69, 9.17) is 4.42 Å². The lowest BCUT2D eigenvalue weighted by Crippen LogP contribution is -2.12. The van der Waals surface area contributed by atoms with Crippen molar-refractivity contribution in [2.45, 2.75) is 64.9 Å². The predicted octanol–water partition coefficient (Wildman–Crippen LogP) is 4.78. The predicted molar refractivity (Wildman–Crippen MR) is 86.8 cm³/mol. The smallest absolute Gasteiger partial charge is 0.134 e. The van der Waals surface area contributed by atoms with E-state index in [1.807, 2.05) is 0 Å². The second-order valence-corrected chi connectivity index (χ2v) is 7.51. The quantitative estimate of drug-likeness (QED) is 0.881. The molecule has 1 saturated carbocycles. The largest absolute Gasteiger partial charge is 0.461 e. The highest BCUT2D eigenvalue weighted by Crippen LogP contribution is 2.44. The van der Waals surface area contributed by atoms with Crippen LogP contribution in [0.15, 0.2) is 22.6 Å². The number of fused-ring (bicyclic) bond motifs is 1. The molecule has 0 aliphatic heterocycles. The first kappa shape index (κ1) is 14.6. The van der Waals surface area contributed by atoms with Crippen molar-refractivity contribution in [2.75, 3.05) is 0 Å². The van der Waals surface area contributed by atoms with Gasteiger partial charge in [-0.05, 0) is 41.4 Å². The Kier molecular flexibility index (Phi) is 3.40. The van der Waals surface area contributed by atoms with Crippen LogP contribution in [0.1, 0.15) is 63.8 Å². The molecule has 0 radical (unpaired) electrons. The maximum absolute atomic E-state index is 9.68. The van der Waals surface area contributed by atoms with Crippen LogP contribution in [-0.2, 0) is 11.8 Å². The summed E-state index contributed by atoms with van der Waals surface area (Å²) in [5.74, 6) is 1.95. The van der Waals surface area contributed by atoms with Crippen LogP contribution < -0.4 is 0 Å². The van der Waals surface area contributed by atoms with Crippen LogP contribution in [0.3, 0.4) is 0 Å². The number of aliphatic hydroxyl groups excluding tert-OH is 1. The van der Waals surface area contributed by atoms with Crippen LogP contribution in [0.25, 0.3) is 11.0 Å². The Labute approximate surface area is 127 Å². The summed E-state index contributed by atoms with van der Waals surface area (Å²) in [6.07, 6.45) is 1.76. The molecule has 1 aromatic carbocycles. The van der Waals surface area contributed by atoms with Gasteiger partial charge in [0.2, 0.25) is 0 Å². The van der Waals surface area contributed by atoms with Crippen LogP contribution in [0, 0.1) is 5.92 Å². The Morgan fingerprint density at radius 1 is 1.33 bits per heavy atom. The maximum Gasteiger partial charge on any atom is 0.134 e. The van der Waals surface area contributed by atoms with Crippen molar-refractivity contribution in [3.63, 3.8) is 0 Å². The molecule has 2 heteroatoms. The first-order valence-corrected chi connectivity index (χ1v) is 8.06. The van der Waals surface area contributed by atoms with Gasteiger partial charge in [0.1, 0.15) is 11.3 Å². The average Bonchev–Trinajstić information content (AvgIpc) is 3.01. The summed E-state index contributed by atoms with van der Waals surface area (Å²) in [6, 6.07) is 6.55. The average molecular weight is 286 g/mol. The number of aryl methyl sites for hydroxylation is 1. The molecule has 114 valence electrons. The Balaban J connectivity index is 2.11. The van der Waals surface area contributed by atoms with Gasteiger partial charge in [-0.2, -0.15) is 0 Å². The number of rotatable bonds is 3. The van der Waals surface area contributed by atoms with Gasteiger partial charge in [0.25, 0.3) is 0 Å². The third-order valence-electron chi connectivity index (χ3n) is 4.83. The molecule has 21 heavy (non-hydrogen) atoms. The Morgan fingerprint density at radius 3 is 2.52 bits per heavy atom. The molecule has 1 aliphatic carbocycles. The second kappa shape index (κ2) is 4.88. The van der Waals surface area contributed by atoms with Gasteiger partial charge in [-0.25, -0.2) is 0 Å². The van der Waals surface area contributed by atoms with Crippen molar-refractivity contribution in [3.8, 4) is 0 Å². The van der Waals surface area contributed by atoms with Gasteiger partial charge in [-0.1, -0.05) is 40.7 Å². The number of furan rings is 1. The van der Waals surface area contributed by atoms with Gasteiger partial charge in [-0.3, -0.25) is 0 Å². The zero-order valence-corrected chi connectivity index (χ0v) is 13.7. The minimum absolute atomic E-state index is 0.0809. The first-order valence-electron chi connectivity index (χ1n) is 8.06. The first-order chi connectivity index (χ1) is 9.82. The zero-order valence-electron chi connectivity index (χ0n) is 13.7. The van der Waals surface area contributed by atoms with E-state index in [-0.39, 0.29) is 11.5 Å². The maximum atomic E-state index is 9.68. The number of aliphatic hydroxyl groups is 1. The minimum Gasteiger partial charge on any atom is -0.461 e. The molecule has 2 nitrogen and oxygen atoms in total. The molecule has 1 aliphatic rings. The third kappa shape index (κ3) is 2.50. The van der Waals surface area contributed by atoms with E-state index in [1.54, 1.807) is 0 Å². The lowest BCUT2D eigenvalue weighted by atomic mass is 9.83. The Hall–Kier alpha value is -1.28. The number of benzene rings is 1. The molecule has 1 aromatic heterocycles. The van der Waals surface area contributed by atoms with Crippen molar-refractivity contribution in [1.29, 1.82) is 0 Å². The SMILES string of the molecule is CCc1oc2ccc([C@@H](C)[C@H]3CC3O)cc2c1C(C)(C)C. The second-order valence-electron chi connectivity index (χ2n) is 7.51. The van der Waals surface area contributed by atoms with Gasteiger partial charge in [0, 0.05) is 17.4 Å². The molecule has 0 bridgehead atoms. The highest BCUT2D eigenvalue weighted by Gasteiger charge is 2.40. The molecule has 1 fully saturated rings. The molecular formula is C19H26O2. The molecule has 1 heterocycles. The number of hydrogen-bond donors (Lipinski definition) is 1. The molecule has 0 spiro atoms. The van der Waals surface area contributed by atoms with Crippen LogP contribution in [0.2, 0.25) is 0 Å². The summed E-state index contributed by atoms with van der Waals surface area (Å²) >= 11 is 0. The summed E-state index contributed by atoms with van der Waals surface area (Å²) in [5.41, 5.74) is 3.73. The van der Waals surface area contributed by atoms with Gasteiger partial charge < -0.3 is 9.52 Å². The van der Waals surface area contributed by atoms with Gasteiger partial charge in [0.15, 0.2) is 0 Å². The van der Waals surface area contributed by atoms with E-state index in [2.05, 4.69) is 52.8 Å². The topological polar surface area (TPSA) is 33.4 Å². The fraction of sp³-hybridized carbons (Fsp3) is 0.579. The molecule has 2 aromatic rings. The van der Waals surface area contributed by atoms with E-state index >= 15 is 0 Å². The van der Waals surface area contributed by atoms with E-state index in [0.717, 1.165) is 24.2 Å². The molecular weight excluding hydrogens is 260 g/mol. The van der Waals surface area contributed by atoms with Gasteiger partial charge in [0.05, 0.1) is 6.10 Å². The Bertz CT molecular complexity index is 660. The van der Waals surface area contributed by atoms with Crippen molar-refractivity contribution >= 4 is 11.0 Å². The lowest BCUT2D eigenvalue weighted by Gasteiger charge is -2.19. The number of hydrogen-bond acceptors (Lipinski definition) is 2. The molecule has 1 unspecified atom stereocenters. The van der Waals surface area contributed by atoms with Gasteiger partial charge >= 0.3 is 0 Å². The van der Waals surface area contributed by atoms with Crippen molar-refractivity contribution in [2.24, 2.45) is 5.92 Å². The van der Waals surface area contributed by atoms with Crippen LogP contribution in [0.4, 0.5) is 0 Å². The molecule has 3 atom stereocenters. The van der Waals surface area contributed by atoms with Crippen LogP contribution in [0.5, 0.6) is 0 Å². The molecule has 1 N–H and O–H groups in total. The fourth-order valence-corrected chi connectivity index (χ4v) is 3.51. The van der Waals surface area contributed by atoms with Crippen molar-refractivity contribution in [3.05, 3.63) is 35.1 Å². The van der Waals surface area contributed by atoms with Crippen molar-refractivity contribution < 1.29 is 9.52 Å². The van der Waals surface area contributed by atoms with E-state index in [9.17, 15) is 5.11 Å². The summed E-state index contributed by atoms with van der Waals surface area (Å²) in [4.78, 5) is 0. The standard InChI is InChI=1S/C19H26O2/c1-6-16-18(19(3,4)5)14-9-12(7-8-17(14)21-16)11(2)13-10-15(13)20/h7-9,11,13,15,20H,6,10H2,1-5H3/t11-,13-,15?/m1/s1. The van der Waals surface area contributed by atoms with Crippen LogP contribution in [-0.4, -0.2) is 11.2 Å². The van der Waals surface area contributed by atoms with E-state index in [1.165, 1.54) is 16.5 Å². The molecule has 0 saturated heterocycles. The van der Waals surface area contributed by atoms with Crippen molar-refractivity contribution in [1.82, 2.24) is 0 Å². The summed E-state index contributed by atoms with van der Waals surface area (Å²) in [5, 5.41) is 10.9. The summed E-state index contributed by atoms with van der Waals surface area (Å²) in [7, 11) is 0. The monoisotopic (exact) mass is 286 g/mol.